The molecule has 51 heavy (non-hydrogen) atoms. The van der Waals surface area contributed by atoms with E-state index in [2.05, 4.69) is 0 Å². The van der Waals surface area contributed by atoms with Gasteiger partial charge in [-0.3, -0.25) is 0 Å². The minimum atomic E-state index is 0. The van der Waals surface area contributed by atoms with Crippen LogP contribution in [0.4, 0.5) is 0 Å². The van der Waals surface area contributed by atoms with E-state index in [1.54, 1.807) is 0 Å². The minimum Gasteiger partial charge on any atom is -0.412 e. The molecule has 0 amide bonds. The van der Waals surface area contributed by atoms with Crippen molar-refractivity contribution < 1.29 is 263 Å². The zero-order valence-corrected chi connectivity index (χ0v) is 24.0. The molecule has 48 nitrogen and oxygen atoms in total. The second-order valence-electron chi connectivity index (χ2n) is 0. The monoisotopic (exact) mass is 943 g/mol. The third kappa shape index (κ3) is 822000. The molecule has 0 aromatic heterocycles. The van der Waals surface area contributed by atoms with Gasteiger partial charge in [-0.05, 0) is 0 Å². The third-order valence-electron chi connectivity index (χ3n) is 0. The number of hydrogen-bond donors (Lipinski definition) is 0. The Bertz CT molecular complexity index is 16.5. The van der Waals surface area contributed by atoms with Gasteiger partial charge in [-0.15, -0.1) is 0 Å². The molecule has 0 rings (SSSR count). The van der Waals surface area contributed by atoms with Gasteiger partial charge in [0, 0.05) is 0 Å². The summed E-state index contributed by atoms with van der Waals surface area (Å²) >= 11 is 0. The molecule has 0 fully saturated rings. The van der Waals surface area contributed by atoms with Crippen molar-refractivity contribution in [3.63, 3.8) is 0 Å². The zero-order chi connectivity index (χ0) is 0. The summed E-state index contributed by atoms with van der Waals surface area (Å²) in [7, 11) is 0. The first kappa shape index (κ1) is 909000. The fraction of sp³-hybridized carbons (Fsp3) is 0. The van der Waals surface area contributed by atoms with Gasteiger partial charge in [-0.2, -0.15) is 0 Å². The summed E-state index contributed by atoms with van der Waals surface area (Å²) in [6.45, 7) is 0. The molecule has 0 radical (unpaired) electrons. The first-order valence-corrected chi connectivity index (χ1v) is 0. The highest BCUT2D eigenvalue weighted by Crippen LogP contribution is -0.241. The smallest absolute Gasteiger partial charge is 0.316 e. The maximum absolute atomic E-state index is 0. The Labute approximate surface area is 331 Å². The Balaban J connectivity index is 0. The summed E-state index contributed by atoms with van der Waals surface area (Å²) in [5.41, 5.74) is 0. The molecule has 0 aromatic rings. The Morgan fingerprint density at radius 3 is 0.0392 bits per heavy atom. The van der Waals surface area contributed by atoms with E-state index >= 15 is 0 Å². The molecule has 0 unspecified atom stereocenters. The topological polar surface area (TPSA) is 1510 Å². The lowest BCUT2D eigenvalue weighted by atomic mass is 16.0. The van der Waals surface area contributed by atoms with Crippen LogP contribution in [0.25, 0.3) is 0 Å². The third-order valence-corrected chi connectivity index (χ3v) is 0. The molecule has 0 heterocycles. The Kier molecular flexibility index (Phi) is 15300000000. The predicted octanol–water partition coefficient (Wildman–Crippen LogP) is -42.3. The van der Waals surface area contributed by atoms with Crippen LogP contribution in [0.3, 0.4) is 0 Å². The van der Waals surface area contributed by atoms with Crippen LogP contribution in [0.15, 0.2) is 0 Å². The average Bonchev–Trinajstić information content (AvgIpc) is 0. The maximum Gasteiger partial charge on any atom is 0.316 e. The van der Waals surface area contributed by atoms with Gasteiger partial charge in [0.15, 0.2) is 0 Å². The van der Waals surface area contributed by atoms with Crippen LogP contribution in [-0.4, -0.2) is 332 Å². The number of hydrogen-bond acceptors (Lipinski definition) is 0. The second kappa shape index (κ2) is 857000. The molecule has 0 aromatic carbocycles. The van der Waals surface area contributed by atoms with Gasteiger partial charge >= 0.3 is 69.2 Å². The first-order chi connectivity index (χ1) is 0. The first-order valence-electron chi connectivity index (χ1n) is 0. The van der Waals surface area contributed by atoms with E-state index in [1.165, 1.54) is 0 Å². The van der Waals surface area contributed by atoms with E-state index in [0.29, 0.717) is 0 Å². The molecule has 0 aliphatic carbocycles. The summed E-state index contributed by atoms with van der Waals surface area (Å²) in [4.78, 5) is 0. The zero-order valence-electron chi connectivity index (χ0n) is 24.0. The van der Waals surface area contributed by atoms with Gasteiger partial charge < -0.3 is 263 Å². The van der Waals surface area contributed by atoms with Crippen molar-refractivity contribution in [2.75, 3.05) is 0 Å². The van der Waals surface area contributed by atoms with Gasteiger partial charge in [0.05, 0.1) is 0 Å². The minimum absolute atomic E-state index is 0. The lowest BCUT2D eigenvalue weighted by Crippen LogP contribution is -0.382. The van der Waals surface area contributed by atoms with Crippen molar-refractivity contribution >= 4 is 69.2 Å². The molecule has 0 spiro atoms. The van der Waals surface area contributed by atoms with Crippen LogP contribution < -0.4 is 0 Å². The summed E-state index contributed by atoms with van der Waals surface area (Å²) in [6.07, 6.45) is 0. The molecule has 396 valence electrons. The summed E-state index contributed by atoms with van der Waals surface area (Å²) in [5.74, 6) is 0. The van der Waals surface area contributed by atoms with Crippen LogP contribution >= 0.6 is 0 Å². The lowest BCUT2D eigenvalue weighted by Gasteiger charge is -0.413. The highest BCUT2D eigenvalue weighted by atomic mass is 24.3. The fourth-order valence-electron chi connectivity index (χ4n) is 0. The van der Waals surface area contributed by atoms with E-state index in [9.17, 15) is 0 Å². The highest BCUT2D eigenvalue weighted by Gasteiger charge is 0.318. The quantitative estimate of drug-likeness (QED) is 0.204. The van der Waals surface area contributed by atoms with Crippen molar-refractivity contribution in [2.24, 2.45) is 0 Å². The standard InChI is InChI=1S/3Mg.48H2O.6H/h;;;48*1H2;;;;;;. The molecule has 0 saturated heterocycles. The van der Waals surface area contributed by atoms with Crippen molar-refractivity contribution in [2.45, 2.75) is 0 Å². The van der Waals surface area contributed by atoms with Gasteiger partial charge in [-0.25, -0.2) is 0 Å². The Hall–Kier alpha value is 0.379. The molecule has 51 heteroatoms. The van der Waals surface area contributed by atoms with Crippen LogP contribution in [0.2, 0.25) is 0 Å². The van der Waals surface area contributed by atoms with E-state index in [0.717, 1.165) is 0 Å². The van der Waals surface area contributed by atoms with Crippen LogP contribution in [-0.2, 0) is 0 Å². The number of rotatable bonds is 0. The molecule has 0 aliphatic heterocycles. The Morgan fingerprint density at radius 1 is 0.0392 bits per heavy atom. The summed E-state index contributed by atoms with van der Waals surface area (Å²) < 4.78 is 0. The van der Waals surface area contributed by atoms with Gasteiger partial charge in [0.25, 0.3) is 0 Å². The molecule has 0 atom stereocenters. The van der Waals surface area contributed by atoms with Crippen molar-refractivity contribution in [3.8, 4) is 0 Å². The predicted molar refractivity (Wildman–Crippen MR) is 199 cm³/mol. The second-order valence-corrected chi connectivity index (χ2v) is 0. The van der Waals surface area contributed by atoms with Crippen molar-refractivity contribution in [1.82, 2.24) is 0 Å². The highest BCUT2D eigenvalue weighted by molar-refractivity contribution is 5.76. The summed E-state index contributed by atoms with van der Waals surface area (Å²) in [6, 6.07) is 0. The van der Waals surface area contributed by atoms with Crippen LogP contribution in [0.1, 0.15) is 0 Å². The van der Waals surface area contributed by atoms with Crippen LogP contribution in [0, 0.1) is 0 Å². The Morgan fingerprint density at radius 2 is 0.0392 bits per heavy atom. The average molecular weight is 944 g/mol. The molecule has 0 saturated carbocycles. The van der Waals surface area contributed by atoms with E-state index in [1.807, 2.05) is 0 Å². The van der Waals surface area contributed by atoms with Gasteiger partial charge in [-0.1, -0.05) is 0 Å². The van der Waals surface area contributed by atoms with E-state index in [-0.39, 0.29) is 332 Å². The SMILES string of the molecule is O.O.O.O.O.O.O.O.O.O.O.O.O.O.O.O.O.O.O.O.O.O.O.O.O.O.O.O.O.O.O.O.O.O.O.O.O.O.O.O.O.O.O.O.O.O.O.O.[MgH2].[MgH2].[MgH2]. The molecule has 0 aliphatic rings. The van der Waals surface area contributed by atoms with Gasteiger partial charge in [0.2, 0.25) is 0 Å². The van der Waals surface area contributed by atoms with Crippen molar-refractivity contribution in [3.05, 3.63) is 0 Å². The lowest BCUT2D eigenvalue weighted by molar-refractivity contribution is 0.823. The summed E-state index contributed by atoms with van der Waals surface area (Å²) in [5, 5.41) is 0. The normalized spacial score (nSPS) is 0. The molecule has 0 bridgehead atoms. The van der Waals surface area contributed by atoms with Crippen LogP contribution in [0.5, 0.6) is 0 Å². The molecule has 96 N–H and O–H groups in total. The van der Waals surface area contributed by atoms with E-state index < -0.39 is 0 Å². The van der Waals surface area contributed by atoms with E-state index in [4.69, 9.17) is 0 Å². The van der Waals surface area contributed by atoms with Crippen molar-refractivity contribution in [1.29, 1.82) is 0 Å². The van der Waals surface area contributed by atoms with Gasteiger partial charge in [0.1, 0.15) is 0 Å². The largest absolute Gasteiger partial charge is 0.412 e. The molecular weight excluding hydrogens is 841 g/mol. The fourth-order valence-corrected chi connectivity index (χ4v) is 0. The molecular formula is H102Mg3O48. The maximum atomic E-state index is 0.